The number of nitrogens with zero attached hydrogens (tertiary/aromatic N) is 1. The molecule has 0 unspecified atom stereocenters. The summed E-state index contributed by atoms with van der Waals surface area (Å²) in [5, 5.41) is 0. The number of para-hydroxylation sites is 1. The molecule has 3 nitrogen and oxygen atoms in total. The van der Waals surface area contributed by atoms with Gasteiger partial charge in [0.05, 0.1) is 6.10 Å². The molecule has 0 radical (unpaired) electrons. The summed E-state index contributed by atoms with van der Waals surface area (Å²) in [4.78, 5) is 2.29. The highest BCUT2D eigenvalue weighted by Gasteiger charge is 2.17. The fourth-order valence-electron chi connectivity index (χ4n) is 2.26. The Morgan fingerprint density at radius 1 is 1.39 bits per heavy atom. The second kappa shape index (κ2) is 6.76. The molecule has 1 heterocycles. The Labute approximate surface area is 110 Å². The van der Waals surface area contributed by atoms with Crippen molar-refractivity contribution in [1.82, 2.24) is 4.90 Å². The van der Waals surface area contributed by atoms with Gasteiger partial charge in [-0.25, -0.2) is 0 Å². The molecule has 1 fully saturated rings. The summed E-state index contributed by atoms with van der Waals surface area (Å²) >= 11 is 0. The maximum atomic E-state index is 5.79. The molecule has 1 atom stereocenters. The van der Waals surface area contributed by atoms with Crippen molar-refractivity contribution in [3.63, 3.8) is 0 Å². The lowest BCUT2D eigenvalue weighted by atomic mass is 10.2. The summed E-state index contributed by atoms with van der Waals surface area (Å²) in [6, 6.07) is 8.14. The first-order valence-corrected chi connectivity index (χ1v) is 6.74. The third-order valence-corrected chi connectivity index (χ3v) is 3.36. The Morgan fingerprint density at radius 2 is 2.22 bits per heavy atom. The monoisotopic (exact) mass is 249 g/mol. The molecule has 0 amide bonds. The van der Waals surface area contributed by atoms with Crippen LogP contribution in [0, 0.1) is 6.92 Å². The van der Waals surface area contributed by atoms with E-state index in [-0.39, 0.29) is 0 Å². The molecule has 0 spiro atoms. The second-order valence-electron chi connectivity index (χ2n) is 5.01. The number of rotatable bonds is 6. The number of ether oxygens (including phenoxy) is 2. The Morgan fingerprint density at radius 3 is 2.94 bits per heavy atom. The van der Waals surface area contributed by atoms with E-state index < -0.39 is 0 Å². The predicted molar refractivity (Wildman–Crippen MR) is 73.1 cm³/mol. The smallest absolute Gasteiger partial charge is 0.122 e. The van der Waals surface area contributed by atoms with Gasteiger partial charge in [-0.05, 0) is 38.4 Å². The minimum absolute atomic E-state index is 0.425. The summed E-state index contributed by atoms with van der Waals surface area (Å²) in [5.74, 6) is 0.989. The molecule has 0 saturated carbocycles. The molecule has 0 aromatic heterocycles. The highest BCUT2D eigenvalue weighted by molar-refractivity contribution is 5.31. The van der Waals surface area contributed by atoms with Gasteiger partial charge in [0.2, 0.25) is 0 Å². The van der Waals surface area contributed by atoms with Gasteiger partial charge in [0, 0.05) is 19.7 Å². The molecule has 100 valence electrons. The third-order valence-electron chi connectivity index (χ3n) is 3.36. The molecule has 0 aliphatic carbocycles. The lowest BCUT2D eigenvalue weighted by molar-refractivity contribution is 0.0771. The van der Waals surface area contributed by atoms with E-state index in [4.69, 9.17) is 9.47 Å². The van der Waals surface area contributed by atoms with Crippen LogP contribution >= 0.6 is 0 Å². The minimum atomic E-state index is 0.425. The third kappa shape index (κ3) is 4.00. The van der Waals surface area contributed by atoms with Crippen LogP contribution < -0.4 is 4.74 Å². The molecule has 18 heavy (non-hydrogen) atoms. The summed E-state index contributed by atoms with van der Waals surface area (Å²) in [6.45, 7) is 5.68. The van der Waals surface area contributed by atoms with Crippen LogP contribution in [0.4, 0.5) is 0 Å². The summed E-state index contributed by atoms with van der Waals surface area (Å²) in [7, 11) is 2.13. The molecule has 1 aliphatic rings. The first-order valence-electron chi connectivity index (χ1n) is 6.74. The van der Waals surface area contributed by atoms with E-state index in [0.717, 1.165) is 32.1 Å². The number of hydrogen-bond acceptors (Lipinski definition) is 3. The number of likely N-dealkylation sites (N-methyl/N-ethyl adjacent to an activating group) is 1. The van der Waals surface area contributed by atoms with Crippen molar-refractivity contribution in [1.29, 1.82) is 0 Å². The average Bonchev–Trinajstić information content (AvgIpc) is 2.84. The first kappa shape index (κ1) is 13.4. The Hall–Kier alpha value is -1.06. The van der Waals surface area contributed by atoms with E-state index in [1.165, 1.54) is 18.4 Å². The molecular weight excluding hydrogens is 226 g/mol. The normalized spacial score (nSPS) is 19.4. The minimum Gasteiger partial charge on any atom is -0.492 e. The van der Waals surface area contributed by atoms with Gasteiger partial charge in [0.25, 0.3) is 0 Å². The van der Waals surface area contributed by atoms with Crippen LogP contribution in [0.5, 0.6) is 5.75 Å². The summed E-state index contributed by atoms with van der Waals surface area (Å²) < 4.78 is 11.4. The van der Waals surface area contributed by atoms with Crippen molar-refractivity contribution in [3.05, 3.63) is 29.8 Å². The molecule has 2 rings (SSSR count). The van der Waals surface area contributed by atoms with E-state index in [1.807, 2.05) is 18.2 Å². The fraction of sp³-hybridized carbons (Fsp3) is 0.600. The van der Waals surface area contributed by atoms with Gasteiger partial charge in [0.1, 0.15) is 12.4 Å². The second-order valence-corrected chi connectivity index (χ2v) is 5.01. The molecular formula is C15H23NO2. The largest absolute Gasteiger partial charge is 0.492 e. The van der Waals surface area contributed by atoms with Gasteiger partial charge >= 0.3 is 0 Å². The van der Waals surface area contributed by atoms with Crippen molar-refractivity contribution in [2.45, 2.75) is 25.9 Å². The number of aryl methyl sites for hydroxylation is 1. The first-order chi connectivity index (χ1) is 8.75. The molecule has 1 saturated heterocycles. The Balaban J connectivity index is 1.67. The summed E-state index contributed by atoms with van der Waals surface area (Å²) in [5.41, 5.74) is 1.19. The van der Waals surface area contributed by atoms with Crippen LogP contribution in [-0.2, 0) is 4.74 Å². The molecule has 1 aromatic carbocycles. The highest BCUT2D eigenvalue weighted by Crippen LogP contribution is 2.16. The van der Waals surface area contributed by atoms with Crippen LogP contribution in [0.15, 0.2) is 24.3 Å². The molecule has 0 bridgehead atoms. The van der Waals surface area contributed by atoms with E-state index in [9.17, 15) is 0 Å². The van der Waals surface area contributed by atoms with Crippen LogP contribution in [-0.4, -0.2) is 44.4 Å². The highest BCUT2D eigenvalue weighted by atomic mass is 16.5. The maximum Gasteiger partial charge on any atom is 0.122 e. The topological polar surface area (TPSA) is 21.7 Å². The zero-order valence-electron chi connectivity index (χ0n) is 11.4. The SMILES string of the molecule is Cc1ccccc1OCCN(C)C[C@@H]1CCCO1. The molecule has 3 heteroatoms. The predicted octanol–water partition coefficient (Wildman–Crippen LogP) is 2.48. The van der Waals surface area contributed by atoms with Crippen LogP contribution in [0.3, 0.4) is 0 Å². The van der Waals surface area contributed by atoms with Crippen molar-refractivity contribution >= 4 is 0 Å². The van der Waals surface area contributed by atoms with Gasteiger partial charge in [0.15, 0.2) is 0 Å². The molecule has 1 aromatic rings. The van der Waals surface area contributed by atoms with Crippen LogP contribution in [0.1, 0.15) is 18.4 Å². The number of benzene rings is 1. The van der Waals surface area contributed by atoms with Crippen molar-refractivity contribution in [2.75, 3.05) is 33.4 Å². The van der Waals surface area contributed by atoms with Crippen molar-refractivity contribution in [3.8, 4) is 5.75 Å². The average molecular weight is 249 g/mol. The lowest BCUT2D eigenvalue weighted by Crippen LogP contribution is -2.32. The van der Waals surface area contributed by atoms with E-state index in [2.05, 4.69) is 24.9 Å². The fourth-order valence-corrected chi connectivity index (χ4v) is 2.26. The number of hydrogen-bond donors (Lipinski definition) is 0. The van der Waals surface area contributed by atoms with Crippen molar-refractivity contribution in [2.24, 2.45) is 0 Å². The van der Waals surface area contributed by atoms with Gasteiger partial charge in [-0.2, -0.15) is 0 Å². The van der Waals surface area contributed by atoms with Crippen LogP contribution in [0.25, 0.3) is 0 Å². The van der Waals surface area contributed by atoms with E-state index >= 15 is 0 Å². The van der Waals surface area contributed by atoms with Crippen molar-refractivity contribution < 1.29 is 9.47 Å². The van der Waals surface area contributed by atoms with E-state index in [1.54, 1.807) is 0 Å². The Kier molecular flexibility index (Phi) is 5.02. The van der Waals surface area contributed by atoms with Gasteiger partial charge in [-0.15, -0.1) is 0 Å². The zero-order valence-corrected chi connectivity index (χ0v) is 11.4. The maximum absolute atomic E-state index is 5.79. The lowest BCUT2D eigenvalue weighted by Gasteiger charge is -2.20. The van der Waals surface area contributed by atoms with Crippen LogP contribution in [0.2, 0.25) is 0 Å². The molecule has 1 aliphatic heterocycles. The zero-order chi connectivity index (χ0) is 12.8. The van der Waals surface area contributed by atoms with E-state index in [0.29, 0.717) is 6.10 Å². The standard InChI is InChI=1S/C15H23NO2/c1-13-6-3-4-8-15(13)18-11-9-16(2)12-14-7-5-10-17-14/h3-4,6,8,14H,5,7,9-12H2,1-2H3/t14-/m0/s1. The van der Waals surface area contributed by atoms with Gasteiger partial charge in [-0.1, -0.05) is 18.2 Å². The van der Waals surface area contributed by atoms with Gasteiger partial charge in [-0.3, -0.25) is 0 Å². The quantitative estimate of drug-likeness (QED) is 0.773. The molecule has 0 N–H and O–H groups in total. The summed E-state index contributed by atoms with van der Waals surface area (Å²) in [6.07, 6.45) is 2.83. The van der Waals surface area contributed by atoms with Gasteiger partial charge < -0.3 is 14.4 Å². The Bertz CT molecular complexity index is 361.